The molecule has 0 aliphatic carbocycles. The standard InChI is InChI=1S/C16H30N2O3/c1-2-5-18-6-9-20-14(11-18)15(17)13-3-7-21-16(10-13)4-8-19-12-16/h13-15H,2-12,17H2,1H3. The minimum Gasteiger partial charge on any atom is -0.378 e. The first-order valence-electron chi connectivity index (χ1n) is 8.54. The highest BCUT2D eigenvalue weighted by molar-refractivity contribution is 4.95. The first-order valence-corrected chi connectivity index (χ1v) is 8.54. The highest BCUT2D eigenvalue weighted by Crippen LogP contribution is 2.37. The number of rotatable bonds is 4. The summed E-state index contributed by atoms with van der Waals surface area (Å²) in [4.78, 5) is 2.49. The molecule has 0 saturated carbocycles. The second-order valence-corrected chi connectivity index (χ2v) is 6.87. The third-order valence-corrected chi connectivity index (χ3v) is 5.29. The molecule has 5 heteroatoms. The summed E-state index contributed by atoms with van der Waals surface area (Å²) in [5.41, 5.74) is 6.53. The van der Waals surface area contributed by atoms with Crippen molar-refractivity contribution in [1.29, 1.82) is 0 Å². The van der Waals surface area contributed by atoms with Gasteiger partial charge in [0.2, 0.25) is 0 Å². The van der Waals surface area contributed by atoms with Gasteiger partial charge in [-0.15, -0.1) is 0 Å². The van der Waals surface area contributed by atoms with E-state index < -0.39 is 0 Å². The molecule has 3 saturated heterocycles. The molecular formula is C16H30N2O3. The van der Waals surface area contributed by atoms with E-state index in [0.717, 1.165) is 65.3 Å². The Bertz CT molecular complexity index is 331. The number of nitrogens with two attached hydrogens (primary N) is 1. The SMILES string of the molecule is CCCN1CCOC(C(N)C2CCOC3(CCOC3)C2)C1. The van der Waals surface area contributed by atoms with Crippen molar-refractivity contribution in [3.63, 3.8) is 0 Å². The molecule has 4 unspecified atom stereocenters. The van der Waals surface area contributed by atoms with E-state index in [1.165, 1.54) is 6.42 Å². The lowest BCUT2D eigenvalue weighted by Gasteiger charge is -2.43. The van der Waals surface area contributed by atoms with Crippen LogP contribution in [0.5, 0.6) is 0 Å². The van der Waals surface area contributed by atoms with E-state index in [-0.39, 0.29) is 17.7 Å². The van der Waals surface area contributed by atoms with Crippen LogP contribution < -0.4 is 5.73 Å². The zero-order chi connectivity index (χ0) is 14.7. The quantitative estimate of drug-likeness (QED) is 0.839. The van der Waals surface area contributed by atoms with E-state index in [9.17, 15) is 0 Å². The third-order valence-electron chi connectivity index (χ3n) is 5.29. The van der Waals surface area contributed by atoms with Crippen LogP contribution in [0.15, 0.2) is 0 Å². The maximum atomic E-state index is 6.58. The van der Waals surface area contributed by atoms with Crippen LogP contribution in [0, 0.1) is 5.92 Å². The van der Waals surface area contributed by atoms with Crippen LogP contribution in [-0.2, 0) is 14.2 Å². The van der Waals surface area contributed by atoms with Crippen molar-refractivity contribution < 1.29 is 14.2 Å². The summed E-state index contributed by atoms with van der Waals surface area (Å²) in [7, 11) is 0. The van der Waals surface area contributed by atoms with E-state index in [1.54, 1.807) is 0 Å². The van der Waals surface area contributed by atoms with Crippen LogP contribution in [0.25, 0.3) is 0 Å². The van der Waals surface area contributed by atoms with Gasteiger partial charge in [0.25, 0.3) is 0 Å². The smallest absolute Gasteiger partial charge is 0.0939 e. The molecule has 3 heterocycles. The Morgan fingerprint density at radius 3 is 3.00 bits per heavy atom. The second kappa shape index (κ2) is 6.92. The molecule has 0 aromatic carbocycles. The van der Waals surface area contributed by atoms with Crippen molar-refractivity contribution in [3.8, 4) is 0 Å². The fraction of sp³-hybridized carbons (Fsp3) is 1.00. The van der Waals surface area contributed by atoms with Crippen molar-refractivity contribution in [2.75, 3.05) is 46.1 Å². The predicted octanol–water partition coefficient (Wildman–Crippen LogP) is 1.01. The molecule has 0 radical (unpaired) electrons. The monoisotopic (exact) mass is 298 g/mol. The molecule has 0 aromatic rings. The van der Waals surface area contributed by atoms with Crippen molar-refractivity contribution in [1.82, 2.24) is 4.90 Å². The van der Waals surface area contributed by atoms with Crippen molar-refractivity contribution >= 4 is 0 Å². The van der Waals surface area contributed by atoms with Gasteiger partial charge < -0.3 is 19.9 Å². The van der Waals surface area contributed by atoms with Gasteiger partial charge >= 0.3 is 0 Å². The summed E-state index contributed by atoms with van der Waals surface area (Å²) in [6, 6.07) is 0.117. The summed E-state index contributed by atoms with van der Waals surface area (Å²) < 4.78 is 17.6. The van der Waals surface area contributed by atoms with Crippen LogP contribution in [0.1, 0.15) is 32.6 Å². The Morgan fingerprint density at radius 2 is 2.24 bits per heavy atom. The highest BCUT2D eigenvalue weighted by atomic mass is 16.6. The zero-order valence-corrected chi connectivity index (χ0v) is 13.3. The number of hydrogen-bond donors (Lipinski definition) is 1. The Morgan fingerprint density at radius 1 is 1.33 bits per heavy atom. The minimum absolute atomic E-state index is 0.0572. The fourth-order valence-electron chi connectivity index (χ4n) is 4.04. The summed E-state index contributed by atoms with van der Waals surface area (Å²) in [6.45, 7) is 8.60. The maximum Gasteiger partial charge on any atom is 0.0939 e. The van der Waals surface area contributed by atoms with Crippen molar-refractivity contribution in [3.05, 3.63) is 0 Å². The second-order valence-electron chi connectivity index (χ2n) is 6.87. The molecule has 3 aliphatic rings. The van der Waals surface area contributed by atoms with Crippen LogP contribution in [-0.4, -0.2) is 68.7 Å². The molecule has 5 nitrogen and oxygen atoms in total. The Labute approximate surface area is 128 Å². The maximum absolute atomic E-state index is 6.58. The summed E-state index contributed by atoms with van der Waals surface area (Å²) in [5, 5.41) is 0. The average Bonchev–Trinajstić information content (AvgIpc) is 2.95. The first-order chi connectivity index (χ1) is 10.2. The average molecular weight is 298 g/mol. The molecule has 0 amide bonds. The van der Waals surface area contributed by atoms with Crippen molar-refractivity contribution in [2.24, 2.45) is 11.7 Å². The molecule has 3 aliphatic heterocycles. The highest BCUT2D eigenvalue weighted by Gasteiger charge is 2.44. The first kappa shape index (κ1) is 15.7. The van der Waals surface area contributed by atoms with Gasteiger partial charge in [-0.1, -0.05) is 6.92 Å². The summed E-state index contributed by atoms with van der Waals surface area (Å²) >= 11 is 0. The van der Waals surface area contributed by atoms with Gasteiger partial charge in [0.05, 0.1) is 24.9 Å². The van der Waals surface area contributed by atoms with E-state index in [2.05, 4.69) is 11.8 Å². The molecule has 3 fully saturated rings. The van der Waals surface area contributed by atoms with Crippen LogP contribution in [0.4, 0.5) is 0 Å². The zero-order valence-electron chi connectivity index (χ0n) is 13.3. The van der Waals surface area contributed by atoms with Gasteiger partial charge in [-0.3, -0.25) is 4.90 Å². The lowest BCUT2D eigenvalue weighted by molar-refractivity contribution is -0.116. The van der Waals surface area contributed by atoms with Gasteiger partial charge in [-0.2, -0.15) is 0 Å². The topological polar surface area (TPSA) is 57.0 Å². The van der Waals surface area contributed by atoms with E-state index in [1.807, 2.05) is 0 Å². The minimum atomic E-state index is -0.0572. The van der Waals surface area contributed by atoms with Gasteiger partial charge in [0.1, 0.15) is 0 Å². The molecule has 0 bridgehead atoms. The van der Waals surface area contributed by atoms with Crippen LogP contribution in [0.2, 0.25) is 0 Å². The number of hydrogen-bond acceptors (Lipinski definition) is 5. The lowest BCUT2D eigenvalue weighted by atomic mass is 9.79. The van der Waals surface area contributed by atoms with E-state index in [0.29, 0.717) is 5.92 Å². The van der Waals surface area contributed by atoms with Crippen LogP contribution >= 0.6 is 0 Å². The van der Waals surface area contributed by atoms with Crippen LogP contribution in [0.3, 0.4) is 0 Å². The largest absolute Gasteiger partial charge is 0.378 e. The fourth-order valence-corrected chi connectivity index (χ4v) is 4.04. The molecule has 21 heavy (non-hydrogen) atoms. The molecule has 122 valence electrons. The Kier molecular flexibility index (Phi) is 5.17. The van der Waals surface area contributed by atoms with Gasteiger partial charge in [-0.25, -0.2) is 0 Å². The number of ether oxygens (including phenoxy) is 3. The number of nitrogens with zero attached hydrogens (tertiary/aromatic N) is 1. The summed E-state index contributed by atoms with van der Waals surface area (Å²) in [6.07, 6.45) is 4.47. The molecule has 0 aromatic heterocycles. The summed E-state index contributed by atoms with van der Waals surface area (Å²) in [5.74, 6) is 0.493. The normalized spacial score (nSPS) is 39.7. The molecule has 2 N–H and O–H groups in total. The molecule has 1 spiro atoms. The molecule has 3 rings (SSSR count). The number of morpholine rings is 1. The van der Waals surface area contributed by atoms with Gasteiger partial charge in [-0.05, 0) is 31.7 Å². The van der Waals surface area contributed by atoms with Gasteiger partial charge in [0.15, 0.2) is 0 Å². The van der Waals surface area contributed by atoms with E-state index in [4.69, 9.17) is 19.9 Å². The molecular weight excluding hydrogens is 268 g/mol. The van der Waals surface area contributed by atoms with E-state index >= 15 is 0 Å². The van der Waals surface area contributed by atoms with Gasteiger partial charge in [0, 0.05) is 38.8 Å². The Balaban J connectivity index is 1.57. The third kappa shape index (κ3) is 3.59. The predicted molar refractivity (Wildman–Crippen MR) is 81.3 cm³/mol. The Hall–Kier alpha value is -0.200. The van der Waals surface area contributed by atoms with Crippen molar-refractivity contribution in [2.45, 2.75) is 50.4 Å². The molecule has 4 atom stereocenters. The lowest BCUT2D eigenvalue weighted by Crippen LogP contribution is -2.56.